The van der Waals surface area contributed by atoms with E-state index in [1.165, 1.54) is 0 Å². The van der Waals surface area contributed by atoms with E-state index in [1.807, 2.05) is 6.92 Å². The largest absolute Gasteiger partial charge is 0.491 e. The van der Waals surface area contributed by atoms with Crippen LogP contribution in [0.25, 0.3) is 0 Å². The smallest absolute Gasteiger partial charge is 0.269 e. The quantitative estimate of drug-likeness (QED) is 0.454. The topological polar surface area (TPSA) is 56.1 Å². The molecule has 0 spiro atoms. The molecular formula is C22H30FN3O2. The molecule has 0 atom stereocenters. The van der Waals surface area contributed by atoms with E-state index >= 15 is 0 Å². The van der Waals surface area contributed by atoms with Crippen molar-refractivity contribution in [2.24, 2.45) is 7.05 Å². The Morgan fingerprint density at radius 2 is 2.11 bits per heavy atom. The van der Waals surface area contributed by atoms with Crippen molar-refractivity contribution in [3.05, 3.63) is 59.2 Å². The van der Waals surface area contributed by atoms with E-state index in [4.69, 9.17) is 4.74 Å². The van der Waals surface area contributed by atoms with Crippen molar-refractivity contribution in [2.75, 3.05) is 6.61 Å². The first kappa shape index (κ1) is 21.7. The van der Waals surface area contributed by atoms with E-state index < -0.39 is 5.82 Å². The van der Waals surface area contributed by atoms with Gasteiger partial charge in [-0.2, -0.15) is 5.10 Å². The van der Waals surface area contributed by atoms with Crippen LogP contribution in [-0.2, 0) is 20.0 Å². The van der Waals surface area contributed by atoms with E-state index in [0.717, 1.165) is 37.8 Å². The number of hydrogen-bond acceptors (Lipinski definition) is 3. The molecule has 1 aromatic carbocycles. The Morgan fingerprint density at radius 3 is 2.82 bits per heavy atom. The summed E-state index contributed by atoms with van der Waals surface area (Å²) in [5.74, 6) is -0.474. The van der Waals surface area contributed by atoms with Gasteiger partial charge in [-0.25, -0.2) is 4.39 Å². The van der Waals surface area contributed by atoms with Crippen molar-refractivity contribution in [1.29, 1.82) is 0 Å². The molecule has 0 unspecified atom stereocenters. The fourth-order valence-electron chi connectivity index (χ4n) is 2.81. The van der Waals surface area contributed by atoms with E-state index in [9.17, 15) is 9.18 Å². The average Bonchev–Trinajstić information content (AvgIpc) is 3.08. The van der Waals surface area contributed by atoms with Crippen molar-refractivity contribution < 1.29 is 13.9 Å². The Bertz CT molecular complexity index is 799. The van der Waals surface area contributed by atoms with Crippen LogP contribution in [0.2, 0.25) is 0 Å². The maximum atomic E-state index is 14.6. The maximum Gasteiger partial charge on any atom is 0.269 e. The summed E-state index contributed by atoms with van der Waals surface area (Å²) in [5.41, 5.74) is 1.70. The molecule has 1 aromatic heterocycles. The molecule has 2 rings (SSSR count). The molecule has 0 aliphatic carbocycles. The predicted octanol–water partition coefficient (Wildman–Crippen LogP) is 4.57. The standard InChI is InChI=1S/C22H30FN3O2/c1-4-6-7-8-9-10-14-28-20-13-11-12-17(21(20)23)16-24-22(27)19-15-18(5-2)25-26(19)3/h6-7,11-13,15H,4-5,8-10,14,16H2,1-3H3,(H,24,27). The van der Waals surface area contributed by atoms with Gasteiger partial charge in [0.1, 0.15) is 5.69 Å². The third-order valence-electron chi connectivity index (χ3n) is 4.43. The highest BCUT2D eigenvalue weighted by molar-refractivity contribution is 5.92. The minimum absolute atomic E-state index is 0.0936. The second kappa shape index (κ2) is 11.3. The van der Waals surface area contributed by atoms with Gasteiger partial charge in [-0.3, -0.25) is 9.48 Å². The zero-order valence-corrected chi connectivity index (χ0v) is 17.0. The first-order chi connectivity index (χ1) is 13.6. The number of nitrogens with one attached hydrogen (secondary N) is 1. The first-order valence-corrected chi connectivity index (χ1v) is 9.93. The van der Waals surface area contributed by atoms with Crippen LogP contribution in [-0.4, -0.2) is 22.3 Å². The highest BCUT2D eigenvalue weighted by Gasteiger charge is 2.14. The van der Waals surface area contributed by atoms with Gasteiger partial charge in [0.25, 0.3) is 5.91 Å². The van der Waals surface area contributed by atoms with E-state index in [-0.39, 0.29) is 18.2 Å². The molecule has 0 bridgehead atoms. The molecule has 0 saturated carbocycles. The van der Waals surface area contributed by atoms with Gasteiger partial charge in [-0.15, -0.1) is 0 Å². The van der Waals surface area contributed by atoms with Crippen molar-refractivity contribution in [3.8, 4) is 5.75 Å². The molecule has 28 heavy (non-hydrogen) atoms. The third-order valence-corrected chi connectivity index (χ3v) is 4.43. The Hall–Kier alpha value is -2.63. The molecule has 0 radical (unpaired) electrons. The zero-order chi connectivity index (χ0) is 20.4. The number of benzene rings is 1. The fraction of sp³-hybridized carbons (Fsp3) is 0.455. The lowest BCUT2D eigenvalue weighted by molar-refractivity contribution is 0.0941. The number of unbranched alkanes of at least 4 members (excludes halogenated alkanes) is 2. The summed E-state index contributed by atoms with van der Waals surface area (Å²) in [6.45, 7) is 4.65. The van der Waals surface area contributed by atoms with Gasteiger partial charge in [0, 0.05) is 19.2 Å². The van der Waals surface area contributed by atoms with Gasteiger partial charge in [0.2, 0.25) is 0 Å². The molecule has 0 aliphatic rings. The normalized spacial score (nSPS) is 11.1. The predicted molar refractivity (Wildman–Crippen MR) is 109 cm³/mol. The van der Waals surface area contributed by atoms with Gasteiger partial charge >= 0.3 is 0 Å². The number of carbonyl (C=O) groups excluding carboxylic acids is 1. The van der Waals surface area contributed by atoms with Gasteiger partial charge in [0.05, 0.1) is 12.3 Å². The maximum absolute atomic E-state index is 14.6. The number of amides is 1. The second-order valence-electron chi connectivity index (χ2n) is 6.63. The van der Waals surface area contributed by atoms with Crippen LogP contribution in [0, 0.1) is 5.82 Å². The molecule has 0 saturated heterocycles. The summed E-state index contributed by atoms with van der Waals surface area (Å²) in [6, 6.07) is 6.76. The van der Waals surface area contributed by atoms with Gasteiger partial charge in [0.15, 0.2) is 11.6 Å². The van der Waals surface area contributed by atoms with Crippen molar-refractivity contribution in [1.82, 2.24) is 15.1 Å². The lowest BCUT2D eigenvalue weighted by Gasteiger charge is -2.11. The summed E-state index contributed by atoms with van der Waals surface area (Å²) < 4.78 is 21.8. The summed E-state index contributed by atoms with van der Waals surface area (Å²) in [5, 5.41) is 7.01. The molecule has 2 aromatic rings. The fourth-order valence-corrected chi connectivity index (χ4v) is 2.81. The van der Waals surface area contributed by atoms with E-state index in [1.54, 1.807) is 36.0 Å². The van der Waals surface area contributed by atoms with Crippen LogP contribution in [0.5, 0.6) is 5.75 Å². The van der Waals surface area contributed by atoms with Crippen LogP contribution >= 0.6 is 0 Å². The van der Waals surface area contributed by atoms with Crippen molar-refractivity contribution in [3.63, 3.8) is 0 Å². The summed E-state index contributed by atoms with van der Waals surface area (Å²) >= 11 is 0. The van der Waals surface area contributed by atoms with Crippen LogP contribution in [0.15, 0.2) is 36.4 Å². The summed E-state index contributed by atoms with van der Waals surface area (Å²) in [4.78, 5) is 12.4. The number of nitrogens with zero attached hydrogens (tertiary/aromatic N) is 2. The van der Waals surface area contributed by atoms with Gasteiger partial charge in [-0.05, 0) is 44.2 Å². The van der Waals surface area contributed by atoms with Crippen molar-refractivity contribution >= 4 is 5.91 Å². The highest BCUT2D eigenvalue weighted by Crippen LogP contribution is 2.21. The van der Waals surface area contributed by atoms with Crippen LogP contribution in [0.1, 0.15) is 61.3 Å². The van der Waals surface area contributed by atoms with E-state index in [0.29, 0.717) is 17.9 Å². The minimum Gasteiger partial charge on any atom is -0.491 e. The van der Waals surface area contributed by atoms with Gasteiger partial charge < -0.3 is 10.1 Å². The van der Waals surface area contributed by atoms with Crippen LogP contribution in [0.4, 0.5) is 4.39 Å². The molecule has 0 aliphatic heterocycles. The minimum atomic E-state index is -0.423. The number of aromatic nitrogens is 2. The van der Waals surface area contributed by atoms with Crippen LogP contribution < -0.4 is 10.1 Å². The number of halogens is 1. The number of allylic oxidation sites excluding steroid dienone is 2. The molecule has 0 fully saturated rings. The number of rotatable bonds is 11. The zero-order valence-electron chi connectivity index (χ0n) is 17.0. The lowest BCUT2D eigenvalue weighted by Crippen LogP contribution is -2.25. The second-order valence-corrected chi connectivity index (χ2v) is 6.63. The summed E-state index contributed by atoms with van der Waals surface area (Å²) in [7, 11) is 1.72. The van der Waals surface area contributed by atoms with Gasteiger partial charge in [-0.1, -0.05) is 38.1 Å². The third kappa shape index (κ3) is 6.22. The molecule has 1 amide bonds. The number of hydrogen-bond donors (Lipinski definition) is 1. The lowest BCUT2D eigenvalue weighted by atomic mass is 10.2. The molecule has 1 N–H and O–H groups in total. The molecule has 152 valence electrons. The Labute approximate surface area is 166 Å². The Balaban J connectivity index is 1.87. The molecular weight excluding hydrogens is 357 g/mol. The highest BCUT2D eigenvalue weighted by atomic mass is 19.1. The first-order valence-electron chi connectivity index (χ1n) is 9.93. The van der Waals surface area contributed by atoms with Crippen LogP contribution in [0.3, 0.4) is 0 Å². The molecule has 5 nitrogen and oxygen atoms in total. The SMILES string of the molecule is CCC=CCCCCOc1cccc(CNC(=O)c2cc(CC)nn2C)c1F. The number of ether oxygens (including phenoxy) is 1. The van der Waals surface area contributed by atoms with E-state index in [2.05, 4.69) is 29.5 Å². The number of carbonyl (C=O) groups is 1. The Morgan fingerprint density at radius 1 is 1.29 bits per heavy atom. The summed E-state index contributed by atoms with van der Waals surface area (Å²) in [6.07, 6.45) is 9.00. The average molecular weight is 387 g/mol. The monoisotopic (exact) mass is 387 g/mol. The molecule has 1 heterocycles. The molecule has 6 heteroatoms. The Kier molecular flexibility index (Phi) is 8.72. The number of aryl methyl sites for hydroxylation is 2. The van der Waals surface area contributed by atoms with Crippen molar-refractivity contribution in [2.45, 2.75) is 52.5 Å².